The first kappa shape index (κ1) is 15.5. The third-order valence-corrected chi connectivity index (χ3v) is 4.73. The van der Waals surface area contributed by atoms with Crippen LogP contribution < -0.4 is 5.43 Å². The number of hydrogen-bond acceptors (Lipinski definition) is 5. The first-order chi connectivity index (χ1) is 10.7. The van der Waals surface area contributed by atoms with Gasteiger partial charge in [0.1, 0.15) is 0 Å². The van der Waals surface area contributed by atoms with Crippen LogP contribution in [-0.4, -0.2) is 46.0 Å². The topological polar surface area (TPSA) is 74.9 Å². The summed E-state index contributed by atoms with van der Waals surface area (Å²) >= 11 is 0. The van der Waals surface area contributed by atoms with E-state index in [-0.39, 0.29) is 18.4 Å². The number of hydrogen-bond donors (Lipinski definition) is 2. The van der Waals surface area contributed by atoms with E-state index in [4.69, 9.17) is 4.74 Å². The van der Waals surface area contributed by atoms with E-state index in [1.807, 2.05) is 4.57 Å². The maximum atomic E-state index is 12.0. The molecule has 22 heavy (non-hydrogen) atoms. The second-order valence-electron chi connectivity index (χ2n) is 6.15. The van der Waals surface area contributed by atoms with E-state index >= 15 is 0 Å². The van der Waals surface area contributed by atoms with Crippen molar-refractivity contribution < 1.29 is 14.9 Å². The van der Waals surface area contributed by atoms with Gasteiger partial charge in [0.15, 0.2) is 5.75 Å². The van der Waals surface area contributed by atoms with Crippen LogP contribution in [0.3, 0.4) is 0 Å². The standard InChI is InChI=1S/C16H24N2O4/c19-11-13-9-15(20)16(21)14(10-17-5-7-22-8-6-17)18(13)12-3-1-2-4-12/h9,12,19,21H,1-8,10-11H2. The molecule has 2 aliphatic rings. The zero-order chi connectivity index (χ0) is 15.5. The van der Waals surface area contributed by atoms with Crippen molar-refractivity contribution in [2.24, 2.45) is 0 Å². The van der Waals surface area contributed by atoms with Crippen LogP contribution >= 0.6 is 0 Å². The molecule has 0 aromatic carbocycles. The fourth-order valence-electron chi connectivity index (χ4n) is 3.58. The van der Waals surface area contributed by atoms with Gasteiger partial charge in [-0.15, -0.1) is 0 Å². The number of aromatic nitrogens is 1. The second kappa shape index (κ2) is 6.81. The minimum absolute atomic E-state index is 0.171. The summed E-state index contributed by atoms with van der Waals surface area (Å²) in [6.07, 6.45) is 4.37. The molecule has 0 atom stereocenters. The normalized spacial score (nSPS) is 20.6. The summed E-state index contributed by atoms with van der Waals surface area (Å²) in [5.41, 5.74) is 0.852. The van der Waals surface area contributed by atoms with E-state index < -0.39 is 5.43 Å². The highest BCUT2D eigenvalue weighted by Gasteiger charge is 2.25. The largest absolute Gasteiger partial charge is 0.503 e. The molecule has 1 aliphatic carbocycles. The third kappa shape index (κ3) is 3.04. The van der Waals surface area contributed by atoms with Gasteiger partial charge in [-0.05, 0) is 12.8 Å². The number of nitrogens with zero attached hydrogens (tertiary/aromatic N) is 2. The Hall–Kier alpha value is -1.37. The van der Waals surface area contributed by atoms with E-state index in [1.54, 1.807) is 0 Å². The van der Waals surface area contributed by atoms with Crippen molar-refractivity contribution in [3.63, 3.8) is 0 Å². The number of aliphatic hydroxyl groups is 1. The molecule has 2 N–H and O–H groups in total. The lowest BCUT2D eigenvalue weighted by Gasteiger charge is -2.30. The van der Waals surface area contributed by atoms with Crippen LogP contribution in [0.5, 0.6) is 5.75 Å². The predicted molar refractivity (Wildman–Crippen MR) is 81.9 cm³/mol. The van der Waals surface area contributed by atoms with Crippen molar-refractivity contribution in [2.45, 2.75) is 44.9 Å². The Bertz CT molecular complexity index is 572. The molecule has 1 aromatic heterocycles. The van der Waals surface area contributed by atoms with Gasteiger partial charge in [0.2, 0.25) is 5.43 Å². The summed E-state index contributed by atoms with van der Waals surface area (Å²) in [6, 6.07) is 1.64. The Morgan fingerprint density at radius 3 is 2.55 bits per heavy atom. The molecule has 2 heterocycles. The summed E-state index contributed by atoms with van der Waals surface area (Å²) in [5.74, 6) is -0.171. The molecule has 2 fully saturated rings. The summed E-state index contributed by atoms with van der Waals surface area (Å²) in [4.78, 5) is 14.2. The zero-order valence-electron chi connectivity index (χ0n) is 12.8. The van der Waals surface area contributed by atoms with E-state index in [0.717, 1.165) is 38.8 Å². The number of morpholine rings is 1. The predicted octanol–water partition coefficient (Wildman–Crippen LogP) is 0.993. The molecule has 0 amide bonds. The smallest absolute Gasteiger partial charge is 0.223 e. The lowest BCUT2D eigenvalue weighted by molar-refractivity contribution is 0.0323. The highest BCUT2D eigenvalue weighted by molar-refractivity contribution is 5.31. The van der Waals surface area contributed by atoms with E-state index in [0.29, 0.717) is 31.1 Å². The fraction of sp³-hybridized carbons (Fsp3) is 0.688. The first-order valence-electron chi connectivity index (χ1n) is 8.08. The third-order valence-electron chi connectivity index (χ3n) is 4.73. The van der Waals surface area contributed by atoms with Crippen molar-refractivity contribution in [3.8, 4) is 5.75 Å². The van der Waals surface area contributed by atoms with Crippen LogP contribution in [0.1, 0.15) is 43.1 Å². The SMILES string of the molecule is O=c1cc(CO)n(C2CCCC2)c(CN2CCOCC2)c1O. The molecular weight excluding hydrogens is 284 g/mol. The summed E-state index contributed by atoms with van der Waals surface area (Å²) < 4.78 is 7.37. The van der Waals surface area contributed by atoms with Crippen molar-refractivity contribution in [1.29, 1.82) is 0 Å². The Balaban J connectivity index is 2.00. The van der Waals surface area contributed by atoms with Gasteiger partial charge in [-0.1, -0.05) is 12.8 Å². The van der Waals surface area contributed by atoms with E-state index in [2.05, 4.69) is 4.90 Å². The van der Waals surface area contributed by atoms with E-state index in [1.165, 1.54) is 6.07 Å². The van der Waals surface area contributed by atoms with Crippen LogP contribution in [-0.2, 0) is 17.9 Å². The van der Waals surface area contributed by atoms with Crippen LogP contribution in [0.2, 0.25) is 0 Å². The summed E-state index contributed by atoms with van der Waals surface area (Å²) in [5, 5.41) is 20.0. The van der Waals surface area contributed by atoms with Crippen molar-refractivity contribution in [1.82, 2.24) is 9.47 Å². The fourth-order valence-corrected chi connectivity index (χ4v) is 3.58. The molecule has 0 bridgehead atoms. The van der Waals surface area contributed by atoms with Gasteiger partial charge in [0, 0.05) is 37.4 Å². The summed E-state index contributed by atoms with van der Waals surface area (Å²) in [6.45, 7) is 3.28. The van der Waals surface area contributed by atoms with Gasteiger partial charge >= 0.3 is 0 Å². The number of rotatable bonds is 4. The maximum Gasteiger partial charge on any atom is 0.223 e. The van der Waals surface area contributed by atoms with Crippen LogP contribution in [0.4, 0.5) is 0 Å². The Morgan fingerprint density at radius 1 is 1.23 bits per heavy atom. The molecule has 0 unspecified atom stereocenters. The van der Waals surface area contributed by atoms with Crippen LogP contribution in [0.25, 0.3) is 0 Å². The number of aliphatic hydroxyl groups excluding tert-OH is 1. The van der Waals surface area contributed by atoms with Gasteiger partial charge < -0.3 is 19.5 Å². The number of aromatic hydroxyl groups is 1. The Morgan fingerprint density at radius 2 is 1.91 bits per heavy atom. The molecule has 0 spiro atoms. The molecule has 6 heteroatoms. The molecule has 0 radical (unpaired) electrons. The Kier molecular flexibility index (Phi) is 4.81. The van der Waals surface area contributed by atoms with Crippen LogP contribution in [0, 0.1) is 0 Å². The van der Waals surface area contributed by atoms with Crippen molar-refractivity contribution in [2.75, 3.05) is 26.3 Å². The molecule has 6 nitrogen and oxygen atoms in total. The van der Waals surface area contributed by atoms with Gasteiger partial charge in [0.05, 0.1) is 25.5 Å². The molecular formula is C16H24N2O4. The molecule has 3 rings (SSSR count). The number of ether oxygens (including phenoxy) is 1. The minimum Gasteiger partial charge on any atom is -0.503 e. The molecule has 1 aliphatic heterocycles. The lowest BCUT2D eigenvalue weighted by Crippen LogP contribution is -2.37. The molecule has 1 saturated heterocycles. The van der Waals surface area contributed by atoms with Gasteiger partial charge in [-0.25, -0.2) is 0 Å². The number of pyridine rings is 1. The monoisotopic (exact) mass is 308 g/mol. The maximum absolute atomic E-state index is 12.0. The molecule has 1 saturated carbocycles. The first-order valence-corrected chi connectivity index (χ1v) is 8.08. The quantitative estimate of drug-likeness (QED) is 0.868. The van der Waals surface area contributed by atoms with Crippen molar-refractivity contribution >= 4 is 0 Å². The molecule has 1 aromatic rings. The highest BCUT2D eigenvalue weighted by atomic mass is 16.5. The minimum atomic E-state index is -0.401. The van der Waals surface area contributed by atoms with Gasteiger partial charge in [-0.2, -0.15) is 0 Å². The van der Waals surface area contributed by atoms with Crippen LogP contribution in [0.15, 0.2) is 10.9 Å². The van der Waals surface area contributed by atoms with Crippen molar-refractivity contribution in [3.05, 3.63) is 27.7 Å². The van der Waals surface area contributed by atoms with Gasteiger partial charge in [0.25, 0.3) is 0 Å². The molecule has 122 valence electrons. The average molecular weight is 308 g/mol. The Labute approximate surface area is 129 Å². The second-order valence-corrected chi connectivity index (χ2v) is 6.15. The summed E-state index contributed by atoms with van der Waals surface area (Å²) in [7, 11) is 0. The van der Waals surface area contributed by atoms with E-state index in [9.17, 15) is 15.0 Å². The average Bonchev–Trinajstić information content (AvgIpc) is 3.06. The highest BCUT2D eigenvalue weighted by Crippen LogP contribution is 2.33. The van der Waals surface area contributed by atoms with Gasteiger partial charge in [-0.3, -0.25) is 9.69 Å². The lowest BCUT2D eigenvalue weighted by atomic mass is 10.1. The zero-order valence-corrected chi connectivity index (χ0v) is 12.8.